The number of hydrogen-bond acceptors (Lipinski definition) is 4. The minimum absolute atomic E-state index is 0.144. The largest absolute Gasteiger partial charge is 0.494 e. The van der Waals surface area contributed by atoms with Gasteiger partial charge in [0.25, 0.3) is 0 Å². The molecule has 3 unspecified atom stereocenters. The molecule has 1 fully saturated rings. The summed E-state index contributed by atoms with van der Waals surface area (Å²) < 4.78 is 11.5. The highest BCUT2D eigenvalue weighted by atomic mass is 16.5. The van der Waals surface area contributed by atoms with Gasteiger partial charge >= 0.3 is 5.97 Å². The third-order valence-electron chi connectivity index (χ3n) is 4.76. The number of benzene rings is 1. The highest BCUT2D eigenvalue weighted by molar-refractivity contribution is 5.86. The Balaban J connectivity index is 1.69. The van der Waals surface area contributed by atoms with Crippen LogP contribution in [0.2, 0.25) is 0 Å². The van der Waals surface area contributed by atoms with Gasteiger partial charge in [0.15, 0.2) is 0 Å². The number of amides is 1. The van der Waals surface area contributed by atoms with E-state index < -0.39 is 17.8 Å². The minimum Gasteiger partial charge on any atom is -0.494 e. The van der Waals surface area contributed by atoms with E-state index in [2.05, 4.69) is 5.32 Å². The van der Waals surface area contributed by atoms with E-state index in [4.69, 9.17) is 14.6 Å². The van der Waals surface area contributed by atoms with Gasteiger partial charge in [0, 0.05) is 24.1 Å². The molecule has 0 spiro atoms. The van der Waals surface area contributed by atoms with Crippen molar-refractivity contribution in [3.05, 3.63) is 23.3 Å². The molecule has 1 saturated carbocycles. The summed E-state index contributed by atoms with van der Waals surface area (Å²) in [5, 5.41) is 11.9. The molecule has 0 bridgehead atoms. The van der Waals surface area contributed by atoms with Gasteiger partial charge in [0.2, 0.25) is 5.91 Å². The van der Waals surface area contributed by atoms with Crippen LogP contribution in [0.4, 0.5) is 0 Å². The standard InChI is InChI=1S/C18H23NO5/c1-3-23-15-7-11-6-10(2)24-16(11)8-12(15)9-19-17(20)13-4-5-14(13)18(21)22/h7-8,10,13-14H,3-6,9H2,1-2H3,(H,19,20)(H,21,22). The highest BCUT2D eigenvalue weighted by Gasteiger charge is 2.41. The fourth-order valence-corrected chi connectivity index (χ4v) is 3.33. The second kappa shape index (κ2) is 6.71. The van der Waals surface area contributed by atoms with Crippen molar-refractivity contribution in [2.24, 2.45) is 11.8 Å². The molecule has 2 N–H and O–H groups in total. The van der Waals surface area contributed by atoms with E-state index in [1.54, 1.807) is 0 Å². The molecule has 0 radical (unpaired) electrons. The van der Waals surface area contributed by atoms with Gasteiger partial charge in [-0.1, -0.05) is 0 Å². The number of hydrogen-bond donors (Lipinski definition) is 2. The molecule has 1 amide bonds. The van der Waals surface area contributed by atoms with Crippen molar-refractivity contribution in [1.82, 2.24) is 5.32 Å². The number of fused-ring (bicyclic) bond motifs is 1. The molecule has 1 aromatic carbocycles. The first kappa shape index (κ1) is 16.6. The summed E-state index contributed by atoms with van der Waals surface area (Å²) in [6, 6.07) is 3.90. The molecule has 3 rings (SSSR count). The summed E-state index contributed by atoms with van der Waals surface area (Å²) in [5.41, 5.74) is 1.97. The van der Waals surface area contributed by atoms with Gasteiger partial charge in [-0.2, -0.15) is 0 Å². The maximum Gasteiger partial charge on any atom is 0.307 e. The van der Waals surface area contributed by atoms with Gasteiger partial charge in [-0.25, -0.2) is 0 Å². The van der Waals surface area contributed by atoms with Crippen LogP contribution in [0.1, 0.15) is 37.8 Å². The lowest BCUT2D eigenvalue weighted by atomic mass is 9.73. The topological polar surface area (TPSA) is 84.9 Å². The molecular formula is C18H23NO5. The van der Waals surface area contributed by atoms with E-state index in [0.29, 0.717) is 26.0 Å². The van der Waals surface area contributed by atoms with Crippen LogP contribution in [0.5, 0.6) is 11.5 Å². The number of aliphatic carboxylic acids is 1. The van der Waals surface area contributed by atoms with Crippen molar-refractivity contribution in [3.8, 4) is 11.5 Å². The first-order valence-electron chi connectivity index (χ1n) is 8.45. The molecule has 3 atom stereocenters. The molecule has 6 nitrogen and oxygen atoms in total. The Morgan fingerprint density at radius 3 is 2.71 bits per heavy atom. The predicted octanol–water partition coefficient (Wildman–Crippen LogP) is 2.14. The van der Waals surface area contributed by atoms with Gasteiger partial charge in [-0.05, 0) is 38.8 Å². The van der Waals surface area contributed by atoms with Gasteiger partial charge in [0.1, 0.15) is 17.6 Å². The third-order valence-corrected chi connectivity index (χ3v) is 4.76. The Morgan fingerprint density at radius 2 is 2.08 bits per heavy atom. The molecule has 1 aliphatic heterocycles. The van der Waals surface area contributed by atoms with Crippen molar-refractivity contribution in [3.63, 3.8) is 0 Å². The zero-order valence-corrected chi connectivity index (χ0v) is 14.0. The van der Waals surface area contributed by atoms with Crippen LogP contribution in [0.3, 0.4) is 0 Å². The van der Waals surface area contributed by atoms with Crippen molar-refractivity contribution < 1.29 is 24.2 Å². The number of carboxylic acids is 1. The van der Waals surface area contributed by atoms with E-state index >= 15 is 0 Å². The number of carboxylic acid groups (broad SMARTS) is 1. The molecule has 2 aliphatic rings. The average molecular weight is 333 g/mol. The molecule has 1 aliphatic carbocycles. The summed E-state index contributed by atoms with van der Waals surface area (Å²) in [7, 11) is 0. The molecule has 0 saturated heterocycles. The number of rotatable bonds is 6. The van der Waals surface area contributed by atoms with E-state index in [1.807, 2.05) is 26.0 Å². The second-order valence-electron chi connectivity index (χ2n) is 6.48. The summed E-state index contributed by atoms with van der Waals surface area (Å²) in [4.78, 5) is 23.3. The van der Waals surface area contributed by atoms with Crippen molar-refractivity contribution >= 4 is 11.9 Å². The van der Waals surface area contributed by atoms with E-state index in [0.717, 1.165) is 29.0 Å². The quantitative estimate of drug-likeness (QED) is 0.833. The van der Waals surface area contributed by atoms with Crippen molar-refractivity contribution in [2.75, 3.05) is 6.61 Å². The fraction of sp³-hybridized carbons (Fsp3) is 0.556. The molecule has 1 heterocycles. The number of nitrogens with one attached hydrogen (secondary N) is 1. The summed E-state index contributed by atoms with van der Waals surface area (Å²) in [6.45, 7) is 4.78. The average Bonchev–Trinajstić information content (AvgIpc) is 2.82. The van der Waals surface area contributed by atoms with Crippen LogP contribution in [0.25, 0.3) is 0 Å². The summed E-state index contributed by atoms with van der Waals surface area (Å²) >= 11 is 0. The maximum atomic E-state index is 12.2. The van der Waals surface area contributed by atoms with Crippen LogP contribution < -0.4 is 14.8 Å². The highest BCUT2D eigenvalue weighted by Crippen LogP contribution is 2.36. The maximum absolute atomic E-state index is 12.2. The van der Waals surface area contributed by atoms with Gasteiger partial charge < -0.3 is 19.9 Å². The Kier molecular flexibility index (Phi) is 4.64. The lowest BCUT2D eigenvalue weighted by molar-refractivity contribution is -0.152. The Bertz CT molecular complexity index is 657. The van der Waals surface area contributed by atoms with E-state index in [9.17, 15) is 9.59 Å². The Hall–Kier alpha value is -2.24. The summed E-state index contributed by atoms with van der Waals surface area (Å²) in [5.74, 6) is -0.494. The molecule has 0 aromatic heterocycles. The van der Waals surface area contributed by atoms with Crippen LogP contribution >= 0.6 is 0 Å². The van der Waals surface area contributed by atoms with Gasteiger partial charge in [-0.15, -0.1) is 0 Å². The van der Waals surface area contributed by atoms with Crippen LogP contribution in [-0.2, 0) is 22.6 Å². The second-order valence-corrected chi connectivity index (χ2v) is 6.48. The third kappa shape index (κ3) is 3.18. The lowest BCUT2D eigenvalue weighted by Gasteiger charge is -2.32. The molecule has 130 valence electrons. The van der Waals surface area contributed by atoms with E-state index in [1.165, 1.54) is 0 Å². The minimum atomic E-state index is -0.892. The normalized spacial score (nSPS) is 24.5. The first-order chi connectivity index (χ1) is 11.5. The van der Waals surface area contributed by atoms with Gasteiger partial charge in [0.05, 0.1) is 18.4 Å². The number of carbonyl (C=O) groups is 2. The molecule has 1 aromatic rings. The molecule has 24 heavy (non-hydrogen) atoms. The fourth-order valence-electron chi connectivity index (χ4n) is 3.33. The molecular weight excluding hydrogens is 310 g/mol. The van der Waals surface area contributed by atoms with E-state index in [-0.39, 0.29) is 12.0 Å². The van der Waals surface area contributed by atoms with Crippen LogP contribution in [0, 0.1) is 11.8 Å². The zero-order valence-electron chi connectivity index (χ0n) is 14.0. The Morgan fingerprint density at radius 1 is 1.33 bits per heavy atom. The van der Waals surface area contributed by atoms with Gasteiger partial charge in [-0.3, -0.25) is 9.59 Å². The lowest BCUT2D eigenvalue weighted by Crippen LogP contribution is -2.43. The first-order valence-corrected chi connectivity index (χ1v) is 8.45. The number of ether oxygens (including phenoxy) is 2. The SMILES string of the molecule is CCOc1cc2c(cc1CNC(=O)C1CCC1C(=O)O)OC(C)C2. The summed E-state index contributed by atoms with van der Waals surface area (Å²) in [6.07, 6.45) is 2.20. The van der Waals surface area contributed by atoms with Crippen molar-refractivity contribution in [1.29, 1.82) is 0 Å². The predicted molar refractivity (Wildman–Crippen MR) is 87.1 cm³/mol. The molecule has 6 heteroatoms. The number of carbonyl (C=O) groups excluding carboxylic acids is 1. The van der Waals surface area contributed by atoms with Crippen LogP contribution in [-0.4, -0.2) is 29.7 Å². The zero-order chi connectivity index (χ0) is 17.3. The Labute approximate surface area is 141 Å². The van der Waals surface area contributed by atoms with Crippen molar-refractivity contribution in [2.45, 2.75) is 45.8 Å². The smallest absolute Gasteiger partial charge is 0.307 e. The monoisotopic (exact) mass is 333 g/mol. The van der Waals surface area contributed by atoms with Crippen LogP contribution in [0.15, 0.2) is 12.1 Å².